The van der Waals surface area contributed by atoms with E-state index in [9.17, 15) is 8.42 Å². The Hall–Kier alpha value is -1.02. The minimum atomic E-state index is -3.50. The van der Waals surface area contributed by atoms with Gasteiger partial charge >= 0.3 is 0 Å². The largest absolute Gasteiger partial charge is 0.454 e. The van der Waals surface area contributed by atoms with Crippen LogP contribution in [0.15, 0.2) is 23.1 Å². The molecule has 0 radical (unpaired) electrons. The number of hydrogen-bond acceptors (Lipinski definition) is 5. The monoisotopic (exact) mass is 294 g/mol. The van der Waals surface area contributed by atoms with Gasteiger partial charge in [0.05, 0.1) is 4.90 Å². The van der Waals surface area contributed by atoms with Gasteiger partial charge in [-0.2, -0.15) is 0 Å². The summed E-state index contributed by atoms with van der Waals surface area (Å²) in [4.78, 5) is 0.166. The third-order valence-electron chi connectivity index (χ3n) is 2.33. The van der Waals surface area contributed by atoms with E-state index < -0.39 is 10.0 Å². The van der Waals surface area contributed by atoms with Crippen LogP contribution < -0.4 is 19.9 Å². The van der Waals surface area contributed by atoms with E-state index >= 15 is 0 Å². The van der Waals surface area contributed by atoms with Crippen LogP contribution in [-0.4, -0.2) is 28.3 Å². The van der Waals surface area contributed by atoms with Gasteiger partial charge < -0.3 is 15.2 Å². The molecule has 0 aliphatic carbocycles. The van der Waals surface area contributed by atoms with Crippen LogP contribution in [0.25, 0.3) is 0 Å². The molecule has 102 valence electrons. The van der Waals surface area contributed by atoms with Crippen molar-refractivity contribution in [1.29, 1.82) is 0 Å². The van der Waals surface area contributed by atoms with Crippen molar-refractivity contribution in [1.82, 2.24) is 4.72 Å². The molecule has 0 spiro atoms. The highest BCUT2D eigenvalue weighted by atomic mass is 35.5. The maximum Gasteiger partial charge on any atom is 0.240 e. The molecule has 0 fully saturated rings. The second kappa shape index (κ2) is 6.24. The molecule has 1 aromatic rings. The lowest BCUT2D eigenvalue weighted by Crippen LogP contribution is -2.26. The maximum atomic E-state index is 11.9. The zero-order chi connectivity index (χ0) is 12.3. The van der Waals surface area contributed by atoms with Gasteiger partial charge in [-0.15, -0.1) is 12.4 Å². The summed E-state index contributed by atoms with van der Waals surface area (Å²) in [7, 11) is -3.50. The van der Waals surface area contributed by atoms with Crippen LogP contribution in [0.2, 0.25) is 0 Å². The first kappa shape index (κ1) is 15.0. The number of halogens is 1. The summed E-state index contributed by atoms with van der Waals surface area (Å²) in [6.45, 7) is 0.899. The Labute approximate surface area is 112 Å². The smallest absolute Gasteiger partial charge is 0.240 e. The Balaban J connectivity index is 0.00000162. The van der Waals surface area contributed by atoms with E-state index in [1.54, 1.807) is 6.07 Å². The van der Waals surface area contributed by atoms with Gasteiger partial charge in [-0.3, -0.25) is 0 Å². The summed E-state index contributed by atoms with van der Waals surface area (Å²) in [5.74, 6) is 1.01. The molecule has 0 atom stereocenters. The fourth-order valence-electron chi connectivity index (χ4n) is 1.44. The molecule has 1 aromatic carbocycles. The maximum absolute atomic E-state index is 11.9. The topological polar surface area (TPSA) is 90.7 Å². The van der Waals surface area contributed by atoms with Crippen molar-refractivity contribution < 1.29 is 17.9 Å². The number of ether oxygens (including phenoxy) is 2. The predicted molar refractivity (Wildman–Crippen MR) is 68.7 cm³/mol. The first-order chi connectivity index (χ1) is 8.13. The van der Waals surface area contributed by atoms with Crippen molar-refractivity contribution >= 4 is 22.4 Å². The molecule has 0 unspecified atom stereocenters. The normalized spacial score (nSPS) is 13.2. The van der Waals surface area contributed by atoms with Crippen molar-refractivity contribution in [3.05, 3.63) is 18.2 Å². The third-order valence-corrected chi connectivity index (χ3v) is 3.79. The van der Waals surface area contributed by atoms with Gasteiger partial charge in [0, 0.05) is 12.6 Å². The van der Waals surface area contributed by atoms with Gasteiger partial charge in [0.25, 0.3) is 0 Å². The quantitative estimate of drug-likeness (QED) is 0.770. The summed E-state index contributed by atoms with van der Waals surface area (Å²) in [5.41, 5.74) is 5.30. The minimum Gasteiger partial charge on any atom is -0.454 e. The molecule has 1 aliphatic heterocycles. The minimum absolute atomic E-state index is 0. The van der Waals surface area contributed by atoms with Crippen LogP contribution in [0, 0.1) is 0 Å². The van der Waals surface area contributed by atoms with E-state index in [1.165, 1.54) is 12.1 Å². The summed E-state index contributed by atoms with van der Waals surface area (Å²) in [6.07, 6.45) is 0.601. The summed E-state index contributed by atoms with van der Waals surface area (Å²) < 4.78 is 36.4. The average molecular weight is 295 g/mol. The second-order valence-corrected chi connectivity index (χ2v) is 5.32. The van der Waals surface area contributed by atoms with Gasteiger partial charge in [-0.05, 0) is 25.1 Å². The molecule has 0 saturated carbocycles. The Kier molecular flexibility index (Phi) is 5.21. The highest BCUT2D eigenvalue weighted by Crippen LogP contribution is 2.33. The third kappa shape index (κ3) is 3.26. The lowest BCUT2D eigenvalue weighted by molar-refractivity contribution is 0.174. The summed E-state index contributed by atoms with van der Waals surface area (Å²) >= 11 is 0. The molecule has 1 aliphatic rings. The zero-order valence-corrected chi connectivity index (χ0v) is 11.2. The fraction of sp³-hybridized carbons (Fsp3) is 0.400. The average Bonchev–Trinajstić information content (AvgIpc) is 2.76. The van der Waals surface area contributed by atoms with E-state index in [0.717, 1.165) is 0 Å². The molecule has 18 heavy (non-hydrogen) atoms. The Morgan fingerprint density at radius 2 is 2.00 bits per heavy atom. The molecular formula is C10H15ClN2O4S. The van der Waals surface area contributed by atoms with Gasteiger partial charge in [0.1, 0.15) is 0 Å². The van der Waals surface area contributed by atoms with Crippen molar-refractivity contribution in [2.45, 2.75) is 11.3 Å². The summed E-state index contributed by atoms with van der Waals surface area (Å²) in [5, 5.41) is 0. The molecule has 1 heterocycles. The zero-order valence-electron chi connectivity index (χ0n) is 9.59. The number of benzene rings is 1. The van der Waals surface area contributed by atoms with Crippen LogP contribution >= 0.6 is 12.4 Å². The van der Waals surface area contributed by atoms with E-state index in [0.29, 0.717) is 31.0 Å². The molecule has 8 heteroatoms. The first-order valence-corrected chi connectivity index (χ1v) is 6.71. The lowest BCUT2D eigenvalue weighted by atomic mass is 10.3. The standard InChI is InChI=1S/C10H14N2O4S.ClH/c11-4-1-5-12-17(13,14)8-2-3-9-10(6-8)16-7-15-9;/h2-3,6,12H,1,4-5,7,11H2;1H. The van der Waals surface area contributed by atoms with Gasteiger partial charge in [0.15, 0.2) is 11.5 Å². The Morgan fingerprint density at radius 3 is 2.72 bits per heavy atom. The molecular weight excluding hydrogens is 280 g/mol. The molecule has 0 amide bonds. The van der Waals surface area contributed by atoms with Gasteiger partial charge in [-0.1, -0.05) is 0 Å². The molecule has 3 N–H and O–H groups in total. The van der Waals surface area contributed by atoms with Gasteiger partial charge in [-0.25, -0.2) is 13.1 Å². The molecule has 0 saturated heterocycles. The first-order valence-electron chi connectivity index (χ1n) is 5.23. The number of fused-ring (bicyclic) bond motifs is 1. The van der Waals surface area contributed by atoms with E-state index in [4.69, 9.17) is 15.2 Å². The summed E-state index contributed by atoms with van der Waals surface area (Å²) in [6, 6.07) is 4.52. The Morgan fingerprint density at radius 1 is 1.28 bits per heavy atom. The van der Waals surface area contributed by atoms with Crippen LogP contribution in [0.3, 0.4) is 0 Å². The molecule has 2 rings (SSSR count). The van der Waals surface area contributed by atoms with Crippen molar-refractivity contribution in [3.63, 3.8) is 0 Å². The van der Waals surface area contributed by atoms with Crippen LogP contribution in [0.5, 0.6) is 11.5 Å². The SMILES string of the molecule is Cl.NCCCNS(=O)(=O)c1ccc2c(c1)OCO2. The number of hydrogen-bond donors (Lipinski definition) is 2. The number of rotatable bonds is 5. The van der Waals surface area contributed by atoms with Crippen molar-refractivity contribution in [2.75, 3.05) is 19.9 Å². The molecule has 0 bridgehead atoms. The van der Waals surface area contributed by atoms with Crippen molar-refractivity contribution in [2.24, 2.45) is 5.73 Å². The number of nitrogens with one attached hydrogen (secondary N) is 1. The van der Waals surface area contributed by atoms with E-state index in [2.05, 4.69) is 4.72 Å². The van der Waals surface area contributed by atoms with Gasteiger partial charge in [0.2, 0.25) is 16.8 Å². The van der Waals surface area contributed by atoms with Crippen LogP contribution in [-0.2, 0) is 10.0 Å². The highest BCUT2D eigenvalue weighted by molar-refractivity contribution is 7.89. The molecule has 6 nitrogen and oxygen atoms in total. The molecule has 0 aromatic heterocycles. The fourth-order valence-corrected chi connectivity index (χ4v) is 2.53. The van der Waals surface area contributed by atoms with Crippen LogP contribution in [0.1, 0.15) is 6.42 Å². The van der Waals surface area contributed by atoms with Crippen molar-refractivity contribution in [3.8, 4) is 11.5 Å². The second-order valence-electron chi connectivity index (χ2n) is 3.56. The predicted octanol–water partition coefficient (Wildman–Crippen LogP) is 0.464. The van der Waals surface area contributed by atoms with E-state index in [-0.39, 0.29) is 24.1 Å². The number of nitrogens with two attached hydrogens (primary N) is 1. The highest BCUT2D eigenvalue weighted by Gasteiger charge is 2.19. The number of sulfonamides is 1. The van der Waals surface area contributed by atoms with Crippen LogP contribution in [0.4, 0.5) is 0 Å². The lowest BCUT2D eigenvalue weighted by Gasteiger charge is -2.06. The van der Waals surface area contributed by atoms with E-state index in [1.807, 2.05) is 0 Å². The Bertz CT molecular complexity index is 507.